The molecule has 1 aromatic carbocycles. The number of amides is 1. The van der Waals surface area contributed by atoms with Crippen molar-refractivity contribution in [3.63, 3.8) is 0 Å². The third-order valence-corrected chi connectivity index (χ3v) is 3.42. The highest BCUT2D eigenvalue weighted by Crippen LogP contribution is 2.13. The van der Waals surface area contributed by atoms with Crippen LogP contribution in [-0.4, -0.2) is 26.4 Å². The second kappa shape index (κ2) is 6.74. The Labute approximate surface area is 141 Å². The maximum atomic E-state index is 12.2. The molecule has 3 aromatic rings. The molecule has 7 heteroatoms. The Kier molecular flexibility index (Phi) is 4.33. The third-order valence-electron chi connectivity index (χ3n) is 3.42. The average molecular weight is 324 g/mol. The van der Waals surface area contributed by atoms with Crippen molar-refractivity contribution in [2.75, 3.05) is 11.1 Å². The highest BCUT2D eigenvalue weighted by Gasteiger charge is 2.15. The van der Waals surface area contributed by atoms with Crippen LogP contribution in [0, 0.1) is 5.41 Å². The molecule has 3 rings (SSSR count). The van der Waals surface area contributed by atoms with Gasteiger partial charge in [0, 0.05) is 32.7 Å². The van der Waals surface area contributed by atoms with Crippen LogP contribution in [0.1, 0.15) is 14.0 Å². The van der Waals surface area contributed by atoms with Crippen LogP contribution in [0.2, 0.25) is 0 Å². The second-order valence-electron chi connectivity index (χ2n) is 5.20. The van der Waals surface area contributed by atoms with Crippen LogP contribution in [-0.2, 0) is 11.3 Å². The summed E-state index contributed by atoms with van der Waals surface area (Å²) in [5.41, 5.74) is 7.93. The zero-order valence-electron chi connectivity index (χ0n) is 12.8. The van der Waals surface area contributed by atoms with Gasteiger partial charge in [-0.05, 0) is 17.7 Å². The minimum absolute atomic E-state index is 0. The third kappa shape index (κ3) is 3.46. The molecule has 0 radical (unpaired) electrons. The van der Waals surface area contributed by atoms with Crippen molar-refractivity contribution in [1.29, 1.82) is 5.41 Å². The fourth-order valence-electron chi connectivity index (χ4n) is 2.23. The van der Waals surface area contributed by atoms with Gasteiger partial charge < -0.3 is 11.1 Å². The standard InChI is InChI=1S/C17H16N6O.2H2/c18-15-6-2-1-5-14(15)16(19)17(24)22-13-9-21-23(11-13)10-12-4-3-7-20-8-12;;/h1-9,11,19H,10,18H2,(H,22,24);2*1H. The normalized spacial score (nSPS) is 10.3. The minimum Gasteiger partial charge on any atom is -0.398 e. The van der Waals surface area contributed by atoms with Gasteiger partial charge in [-0.1, -0.05) is 24.3 Å². The van der Waals surface area contributed by atoms with Crippen molar-refractivity contribution in [2.45, 2.75) is 6.54 Å². The molecule has 124 valence electrons. The summed E-state index contributed by atoms with van der Waals surface area (Å²) in [5.74, 6) is -0.533. The Balaban J connectivity index is 0.00000169. The Morgan fingerprint density at radius 1 is 1.25 bits per heavy atom. The summed E-state index contributed by atoms with van der Waals surface area (Å²) < 4.78 is 1.69. The van der Waals surface area contributed by atoms with Crippen LogP contribution in [0.4, 0.5) is 11.4 Å². The van der Waals surface area contributed by atoms with E-state index in [1.165, 1.54) is 6.20 Å². The molecule has 0 aliphatic carbocycles. The summed E-state index contributed by atoms with van der Waals surface area (Å²) in [4.78, 5) is 16.2. The van der Waals surface area contributed by atoms with Crippen molar-refractivity contribution >= 4 is 23.0 Å². The number of pyridine rings is 1. The van der Waals surface area contributed by atoms with Gasteiger partial charge in [0.05, 0.1) is 18.4 Å². The lowest BCUT2D eigenvalue weighted by Crippen LogP contribution is -2.23. The monoisotopic (exact) mass is 324 g/mol. The molecule has 0 saturated carbocycles. The van der Waals surface area contributed by atoms with Gasteiger partial charge in [0.15, 0.2) is 0 Å². The van der Waals surface area contributed by atoms with Gasteiger partial charge in [0.2, 0.25) is 0 Å². The molecule has 0 aliphatic heterocycles. The number of carbonyl (C=O) groups excluding carboxylic acids is 1. The summed E-state index contributed by atoms with van der Waals surface area (Å²) in [6.07, 6.45) is 6.70. The van der Waals surface area contributed by atoms with Crippen LogP contribution < -0.4 is 11.1 Å². The smallest absolute Gasteiger partial charge is 0.274 e. The lowest BCUT2D eigenvalue weighted by Gasteiger charge is -2.07. The summed E-state index contributed by atoms with van der Waals surface area (Å²) >= 11 is 0. The first-order chi connectivity index (χ1) is 11.6. The van der Waals surface area contributed by atoms with Crippen LogP contribution in [0.5, 0.6) is 0 Å². The van der Waals surface area contributed by atoms with Gasteiger partial charge in [-0.3, -0.25) is 19.9 Å². The number of nitrogens with one attached hydrogen (secondary N) is 2. The number of aromatic nitrogens is 3. The highest BCUT2D eigenvalue weighted by atomic mass is 16.1. The lowest BCUT2D eigenvalue weighted by molar-refractivity contribution is -0.110. The van der Waals surface area contributed by atoms with E-state index in [0.29, 0.717) is 23.5 Å². The number of para-hydroxylation sites is 1. The van der Waals surface area contributed by atoms with Gasteiger partial charge in [0.25, 0.3) is 5.91 Å². The predicted octanol–water partition coefficient (Wildman–Crippen LogP) is 2.41. The molecular formula is C17H20N6O. The molecule has 2 heterocycles. The van der Waals surface area contributed by atoms with Crippen molar-refractivity contribution in [1.82, 2.24) is 14.8 Å². The maximum absolute atomic E-state index is 12.2. The van der Waals surface area contributed by atoms with E-state index in [1.54, 1.807) is 47.5 Å². The lowest BCUT2D eigenvalue weighted by atomic mass is 10.1. The van der Waals surface area contributed by atoms with E-state index in [9.17, 15) is 4.79 Å². The van der Waals surface area contributed by atoms with Crippen molar-refractivity contribution in [2.24, 2.45) is 0 Å². The molecule has 2 aromatic heterocycles. The van der Waals surface area contributed by atoms with Gasteiger partial charge >= 0.3 is 0 Å². The molecule has 1 amide bonds. The molecule has 0 fully saturated rings. The molecule has 0 saturated heterocycles. The van der Waals surface area contributed by atoms with Crippen molar-refractivity contribution in [3.05, 3.63) is 72.3 Å². The first-order valence-electron chi connectivity index (χ1n) is 7.29. The van der Waals surface area contributed by atoms with Crippen LogP contribution >= 0.6 is 0 Å². The predicted molar refractivity (Wildman–Crippen MR) is 96.1 cm³/mol. The molecule has 0 aliphatic rings. The van der Waals surface area contributed by atoms with Crippen LogP contribution in [0.15, 0.2) is 61.2 Å². The molecule has 7 nitrogen and oxygen atoms in total. The number of anilines is 2. The molecule has 0 unspecified atom stereocenters. The highest BCUT2D eigenvalue weighted by molar-refractivity contribution is 6.48. The number of benzene rings is 1. The quantitative estimate of drug-likeness (QED) is 0.494. The van der Waals surface area contributed by atoms with Gasteiger partial charge in [-0.15, -0.1) is 0 Å². The fraction of sp³-hybridized carbons (Fsp3) is 0.0588. The number of hydrogen-bond donors (Lipinski definition) is 3. The zero-order chi connectivity index (χ0) is 16.9. The SMILES string of the molecule is N=C(C(=O)Nc1cnn(Cc2cccnc2)c1)c1ccccc1N.[HH].[HH]. The number of carbonyl (C=O) groups is 1. The first kappa shape index (κ1) is 15.4. The van der Waals surface area contributed by atoms with Crippen LogP contribution in [0.3, 0.4) is 0 Å². The van der Waals surface area contributed by atoms with E-state index in [-0.39, 0.29) is 8.56 Å². The molecule has 0 spiro atoms. The molecule has 0 bridgehead atoms. The Morgan fingerprint density at radius 2 is 2.08 bits per heavy atom. The summed E-state index contributed by atoms with van der Waals surface area (Å²) in [6.45, 7) is 0.548. The summed E-state index contributed by atoms with van der Waals surface area (Å²) in [5, 5.41) is 14.8. The molecule has 4 N–H and O–H groups in total. The zero-order valence-corrected chi connectivity index (χ0v) is 12.8. The maximum Gasteiger partial charge on any atom is 0.274 e. The van der Waals surface area contributed by atoms with E-state index in [0.717, 1.165) is 5.56 Å². The number of rotatable bonds is 5. The summed E-state index contributed by atoms with van der Waals surface area (Å²) in [6, 6.07) is 10.6. The van der Waals surface area contributed by atoms with Gasteiger partial charge in [0.1, 0.15) is 5.71 Å². The average Bonchev–Trinajstić information content (AvgIpc) is 3.02. The van der Waals surface area contributed by atoms with E-state index in [2.05, 4.69) is 15.4 Å². The Hall–Kier alpha value is -3.48. The topological polar surface area (TPSA) is 110 Å². The minimum atomic E-state index is -0.533. The number of nitrogens with two attached hydrogens (primary N) is 1. The number of nitrogen functional groups attached to an aromatic ring is 1. The Bertz CT molecular complexity index is 882. The largest absolute Gasteiger partial charge is 0.398 e. The van der Waals surface area contributed by atoms with E-state index < -0.39 is 5.91 Å². The van der Waals surface area contributed by atoms with Crippen LogP contribution in [0.25, 0.3) is 0 Å². The first-order valence-corrected chi connectivity index (χ1v) is 7.29. The Morgan fingerprint density at radius 3 is 2.83 bits per heavy atom. The summed E-state index contributed by atoms with van der Waals surface area (Å²) in [7, 11) is 0. The van der Waals surface area contributed by atoms with Crippen molar-refractivity contribution in [3.8, 4) is 0 Å². The number of nitrogens with zero attached hydrogens (tertiary/aromatic N) is 3. The molecule has 0 atom stereocenters. The van der Waals surface area contributed by atoms with Crippen molar-refractivity contribution < 1.29 is 7.65 Å². The second-order valence-corrected chi connectivity index (χ2v) is 5.20. The van der Waals surface area contributed by atoms with E-state index >= 15 is 0 Å². The van der Waals surface area contributed by atoms with E-state index in [4.69, 9.17) is 11.1 Å². The fourth-order valence-corrected chi connectivity index (χ4v) is 2.23. The molecular weight excluding hydrogens is 304 g/mol. The van der Waals surface area contributed by atoms with Gasteiger partial charge in [-0.2, -0.15) is 5.10 Å². The van der Waals surface area contributed by atoms with Gasteiger partial charge in [-0.25, -0.2) is 0 Å². The van der Waals surface area contributed by atoms with E-state index in [1.807, 2.05) is 12.1 Å². The molecule has 24 heavy (non-hydrogen) atoms. The number of hydrogen-bond acceptors (Lipinski definition) is 5.